The molecule has 0 atom stereocenters. The number of aliphatic hydroxyl groups is 1. The highest BCUT2D eigenvalue weighted by Gasteiger charge is 2.04. The SMILES string of the molecule is CC/C=C(\N=C(/CC)n1cc(CO)cn1)OC. The van der Waals surface area contributed by atoms with Crippen LogP contribution in [0.5, 0.6) is 0 Å². The third-order valence-corrected chi connectivity index (χ3v) is 2.23. The molecule has 0 aliphatic rings. The van der Waals surface area contributed by atoms with Crippen molar-refractivity contribution in [1.29, 1.82) is 0 Å². The fourth-order valence-electron chi connectivity index (χ4n) is 1.35. The maximum atomic E-state index is 8.99. The first-order valence-electron chi connectivity index (χ1n) is 5.71. The van der Waals surface area contributed by atoms with Gasteiger partial charge in [-0.1, -0.05) is 13.8 Å². The van der Waals surface area contributed by atoms with E-state index in [0.717, 1.165) is 24.2 Å². The zero-order valence-corrected chi connectivity index (χ0v) is 10.6. The Morgan fingerprint density at radius 2 is 2.35 bits per heavy atom. The molecule has 1 rings (SSSR count). The second-order valence-corrected chi connectivity index (χ2v) is 3.49. The van der Waals surface area contributed by atoms with Crippen molar-refractivity contribution in [1.82, 2.24) is 9.78 Å². The summed E-state index contributed by atoms with van der Waals surface area (Å²) in [5.74, 6) is 1.37. The van der Waals surface area contributed by atoms with E-state index in [-0.39, 0.29) is 6.61 Å². The number of hydrogen-bond acceptors (Lipinski definition) is 4. The first kappa shape index (κ1) is 13.4. The second kappa shape index (κ2) is 6.85. The number of hydrogen-bond donors (Lipinski definition) is 1. The molecule has 0 bridgehead atoms. The maximum Gasteiger partial charge on any atom is 0.210 e. The van der Waals surface area contributed by atoms with E-state index in [1.54, 1.807) is 24.2 Å². The molecule has 0 saturated heterocycles. The Hall–Kier alpha value is -1.62. The van der Waals surface area contributed by atoms with Crippen molar-refractivity contribution < 1.29 is 9.84 Å². The fraction of sp³-hybridized carbons (Fsp3) is 0.500. The summed E-state index contributed by atoms with van der Waals surface area (Å²) in [5.41, 5.74) is 0.768. The van der Waals surface area contributed by atoms with Crippen LogP contribution in [0.1, 0.15) is 32.3 Å². The van der Waals surface area contributed by atoms with Crippen LogP contribution in [0, 0.1) is 0 Å². The molecule has 0 radical (unpaired) electrons. The van der Waals surface area contributed by atoms with Gasteiger partial charge in [0.2, 0.25) is 5.88 Å². The van der Waals surface area contributed by atoms with E-state index in [1.165, 1.54) is 0 Å². The van der Waals surface area contributed by atoms with Crippen molar-refractivity contribution in [2.45, 2.75) is 33.3 Å². The largest absolute Gasteiger partial charge is 0.481 e. The van der Waals surface area contributed by atoms with Gasteiger partial charge in [0.1, 0.15) is 5.84 Å². The molecule has 0 amide bonds. The lowest BCUT2D eigenvalue weighted by atomic mass is 10.4. The number of aromatic nitrogens is 2. The monoisotopic (exact) mass is 237 g/mol. The molecular formula is C12H19N3O2. The summed E-state index contributed by atoms with van der Waals surface area (Å²) in [5, 5.41) is 13.1. The van der Waals surface area contributed by atoms with Crippen LogP contribution in [0.25, 0.3) is 0 Å². The van der Waals surface area contributed by atoms with Crippen molar-refractivity contribution in [3.05, 3.63) is 29.9 Å². The number of methoxy groups -OCH3 is 1. The molecule has 94 valence electrons. The van der Waals surface area contributed by atoms with E-state index >= 15 is 0 Å². The normalized spacial score (nSPS) is 12.9. The smallest absolute Gasteiger partial charge is 0.210 e. The van der Waals surface area contributed by atoms with Gasteiger partial charge >= 0.3 is 0 Å². The number of aliphatic imine (C=N–C) groups is 1. The van der Waals surface area contributed by atoms with Crippen LogP contribution in [-0.2, 0) is 11.3 Å². The van der Waals surface area contributed by atoms with Crippen LogP contribution in [0.3, 0.4) is 0 Å². The summed E-state index contributed by atoms with van der Waals surface area (Å²) in [7, 11) is 1.60. The van der Waals surface area contributed by atoms with Gasteiger partial charge in [0.05, 0.1) is 19.9 Å². The minimum Gasteiger partial charge on any atom is -0.481 e. The van der Waals surface area contributed by atoms with Gasteiger partial charge in [0, 0.05) is 18.2 Å². The molecule has 5 nitrogen and oxygen atoms in total. The van der Waals surface area contributed by atoms with Gasteiger partial charge in [-0.3, -0.25) is 0 Å². The number of aliphatic hydroxyl groups excluding tert-OH is 1. The van der Waals surface area contributed by atoms with Crippen molar-refractivity contribution >= 4 is 5.84 Å². The predicted octanol–water partition coefficient (Wildman–Crippen LogP) is 1.93. The third kappa shape index (κ3) is 3.71. The van der Waals surface area contributed by atoms with Gasteiger partial charge in [-0.25, -0.2) is 4.68 Å². The molecule has 0 aliphatic heterocycles. The van der Waals surface area contributed by atoms with Gasteiger partial charge in [-0.2, -0.15) is 10.1 Å². The Kier molecular flexibility index (Phi) is 5.42. The average Bonchev–Trinajstić information content (AvgIpc) is 2.83. The Bertz CT molecular complexity index is 408. The van der Waals surface area contributed by atoms with Gasteiger partial charge in [0.15, 0.2) is 0 Å². The molecule has 0 spiro atoms. The molecule has 0 aromatic carbocycles. The molecule has 17 heavy (non-hydrogen) atoms. The lowest BCUT2D eigenvalue weighted by Gasteiger charge is -2.05. The van der Waals surface area contributed by atoms with E-state index in [1.807, 2.05) is 19.9 Å². The van der Waals surface area contributed by atoms with E-state index in [0.29, 0.717) is 5.88 Å². The number of nitrogens with zero attached hydrogens (tertiary/aromatic N) is 3. The topological polar surface area (TPSA) is 59.6 Å². The van der Waals surface area contributed by atoms with Crippen molar-refractivity contribution in [3.8, 4) is 0 Å². The Labute approximate surface area is 101 Å². The zero-order valence-electron chi connectivity index (χ0n) is 10.6. The predicted molar refractivity (Wildman–Crippen MR) is 66.7 cm³/mol. The number of rotatable bonds is 5. The summed E-state index contributed by atoms with van der Waals surface area (Å²) in [6.07, 6.45) is 6.90. The Morgan fingerprint density at radius 3 is 2.82 bits per heavy atom. The van der Waals surface area contributed by atoms with Gasteiger partial charge in [-0.15, -0.1) is 0 Å². The molecule has 1 aromatic heterocycles. The lowest BCUT2D eigenvalue weighted by Crippen LogP contribution is -2.12. The number of allylic oxidation sites excluding steroid dienone is 1. The average molecular weight is 237 g/mol. The molecule has 1 aromatic rings. The minimum atomic E-state index is -0.0150. The molecule has 0 unspecified atom stereocenters. The van der Waals surface area contributed by atoms with E-state index in [9.17, 15) is 0 Å². The molecule has 0 fully saturated rings. The van der Waals surface area contributed by atoms with Crippen LogP contribution >= 0.6 is 0 Å². The van der Waals surface area contributed by atoms with Crippen LogP contribution < -0.4 is 0 Å². The Morgan fingerprint density at radius 1 is 1.59 bits per heavy atom. The summed E-state index contributed by atoms with van der Waals surface area (Å²) in [6.45, 7) is 4.01. The number of ether oxygens (including phenoxy) is 1. The molecule has 1 N–H and O–H groups in total. The quantitative estimate of drug-likeness (QED) is 0.483. The van der Waals surface area contributed by atoms with E-state index in [4.69, 9.17) is 9.84 Å². The van der Waals surface area contributed by atoms with Gasteiger partial charge in [0.25, 0.3) is 0 Å². The summed E-state index contributed by atoms with van der Waals surface area (Å²) >= 11 is 0. The zero-order chi connectivity index (χ0) is 12.7. The van der Waals surface area contributed by atoms with Gasteiger partial charge in [-0.05, 0) is 12.5 Å². The van der Waals surface area contributed by atoms with Crippen LogP contribution in [0.15, 0.2) is 29.3 Å². The highest BCUT2D eigenvalue weighted by Crippen LogP contribution is 2.05. The summed E-state index contributed by atoms with van der Waals surface area (Å²) in [6, 6.07) is 0. The first-order chi connectivity index (χ1) is 8.24. The standard InChI is InChI=1S/C12H19N3O2/c1-4-6-12(17-3)14-11(5-2)15-8-10(9-16)7-13-15/h6-8,16H,4-5,9H2,1-3H3/b12-6+,14-11+. The van der Waals surface area contributed by atoms with E-state index < -0.39 is 0 Å². The summed E-state index contributed by atoms with van der Waals surface area (Å²) < 4.78 is 6.82. The van der Waals surface area contributed by atoms with Crippen LogP contribution in [-0.4, -0.2) is 27.8 Å². The Balaban J connectivity index is 2.97. The van der Waals surface area contributed by atoms with Crippen molar-refractivity contribution in [3.63, 3.8) is 0 Å². The summed E-state index contributed by atoms with van der Waals surface area (Å²) in [4.78, 5) is 4.40. The molecular weight excluding hydrogens is 218 g/mol. The van der Waals surface area contributed by atoms with Gasteiger partial charge < -0.3 is 9.84 Å². The molecule has 5 heteroatoms. The van der Waals surface area contributed by atoms with Crippen molar-refractivity contribution in [2.75, 3.05) is 7.11 Å². The van der Waals surface area contributed by atoms with Crippen LogP contribution in [0.2, 0.25) is 0 Å². The second-order valence-electron chi connectivity index (χ2n) is 3.49. The third-order valence-electron chi connectivity index (χ3n) is 2.23. The van der Waals surface area contributed by atoms with Crippen LogP contribution in [0.4, 0.5) is 0 Å². The van der Waals surface area contributed by atoms with Crippen molar-refractivity contribution in [2.24, 2.45) is 4.99 Å². The molecule has 0 aliphatic carbocycles. The molecule has 0 saturated carbocycles. The lowest BCUT2D eigenvalue weighted by molar-refractivity contribution is 0.282. The first-order valence-corrected chi connectivity index (χ1v) is 5.71. The highest BCUT2D eigenvalue weighted by molar-refractivity contribution is 5.84. The fourth-order valence-corrected chi connectivity index (χ4v) is 1.35. The highest BCUT2D eigenvalue weighted by atomic mass is 16.5. The molecule has 1 heterocycles. The maximum absolute atomic E-state index is 8.99. The van der Waals surface area contributed by atoms with E-state index in [2.05, 4.69) is 10.1 Å². The minimum absolute atomic E-state index is 0.0150.